The summed E-state index contributed by atoms with van der Waals surface area (Å²) < 4.78 is 6.81. The number of rotatable bonds is 5. The van der Waals surface area contributed by atoms with Crippen molar-refractivity contribution >= 4 is 17.1 Å². The predicted octanol–water partition coefficient (Wildman–Crippen LogP) is 13.0. The molecule has 0 bridgehead atoms. The standard InChI is InChI=1S/C49H33NO/c1-4-14-34(15-5-1)36-24-27-39(28-25-36)50(38-18-8-3-9-19-38)40-29-30-42-41-20-10-11-21-43(41)49(46(42)33-40)44-22-12-13-23-47(44)51-48-32-37(26-31-45(48)49)35-16-6-2-7-17-35/h1-33H. The molecule has 51 heavy (non-hydrogen) atoms. The fourth-order valence-electron chi connectivity index (χ4n) is 8.30. The normalized spacial score (nSPS) is 14.9. The van der Waals surface area contributed by atoms with Gasteiger partial charge < -0.3 is 9.64 Å². The van der Waals surface area contributed by atoms with Gasteiger partial charge in [0.15, 0.2) is 0 Å². The van der Waals surface area contributed by atoms with Gasteiger partial charge in [-0.1, -0.05) is 152 Å². The number of benzene rings is 8. The predicted molar refractivity (Wildman–Crippen MR) is 209 cm³/mol. The van der Waals surface area contributed by atoms with E-state index < -0.39 is 5.41 Å². The van der Waals surface area contributed by atoms with E-state index >= 15 is 0 Å². The molecule has 10 rings (SSSR count). The number of ether oxygens (including phenoxy) is 1. The van der Waals surface area contributed by atoms with Crippen molar-refractivity contribution in [3.8, 4) is 44.9 Å². The maximum Gasteiger partial charge on any atom is 0.132 e. The number of hydrogen-bond donors (Lipinski definition) is 0. The van der Waals surface area contributed by atoms with Gasteiger partial charge in [-0.15, -0.1) is 0 Å². The summed E-state index contributed by atoms with van der Waals surface area (Å²) in [5.74, 6) is 1.78. The molecule has 1 heterocycles. The van der Waals surface area contributed by atoms with Crippen LogP contribution in [0.25, 0.3) is 33.4 Å². The zero-order valence-electron chi connectivity index (χ0n) is 27.9. The minimum Gasteiger partial charge on any atom is -0.457 e. The van der Waals surface area contributed by atoms with Crippen LogP contribution in [0.4, 0.5) is 17.1 Å². The van der Waals surface area contributed by atoms with E-state index in [0.717, 1.165) is 45.3 Å². The van der Waals surface area contributed by atoms with Crippen molar-refractivity contribution < 1.29 is 4.74 Å². The van der Waals surface area contributed by atoms with E-state index in [9.17, 15) is 0 Å². The summed E-state index contributed by atoms with van der Waals surface area (Å²) in [7, 11) is 0. The van der Waals surface area contributed by atoms with Crippen LogP contribution in [0.15, 0.2) is 200 Å². The summed E-state index contributed by atoms with van der Waals surface area (Å²) in [5, 5.41) is 0. The van der Waals surface area contributed by atoms with Gasteiger partial charge in [0.2, 0.25) is 0 Å². The van der Waals surface area contributed by atoms with Crippen LogP contribution in [0.2, 0.25) is 0 Å². The smallest absolute Gasteiger partial charge is 0.132 e. The van der Waals surface area contributed by atoms with Crippen LogP contribution >= 0.6 is 0 Å². The molecule has 0 N–H and O–H groups in total. The van der Waals surface area contributed by atoms with Crippen molar-refractivity contribution in [2.24, 2.45) is 0 Å². The molecule has 0 radical (unpaired) electrons. The van der Waals surface area contributed by atoms with Crippen molar-refractivity contribution in [2.45, 2.75) is 5.41 Å². The Balaban J connectivity index is 1.21. The molecule has 2 nitrogen and oxygen atoms in total. The molecule has 1 aliphatic heterocycles. The summed E-state index contributed by atoms with van der Waals surface area (Å²) in [6.07, 6.45) is 0. The maximum absolute atomic E-state index is 6.81. The summed E-state index contributed by atoms with van der Waals surface area (Å²) in [6, 6.07) is 72.0. The largest absolute Gasteiger partial charge is 0.457 e. The molecule has 8 aromatic carbocycles. The second kappa shape index (κ2) is 11.8. The first-order valence-corrected chi connectivity index (χ1v) is 17.5. The highest BCUT2D eigenvalue weighted by molar-refractivity contribution is 5.91. The average Bonchev–Trinajstić information content (AvgIpc) is 3.49. The van der Waals surface area contributed by atoms with Gasteiger partial charge in [-0.3, -0.25) is 0 Å². The third kappa shape index (κ3) is 4.57. The topological polar surface area (TPSA) is 12.5 Å². The van der Waals surface area contributed by atoms with Crippen LogP contribution in [0.3, 0.4) is 0 Å². The molecule has 8 aromatic rings. The molecule has 0 saturated carbocycles. The van der Waals surface area contributed by atoms with Crippen LogP contribution in [-0.4, -0.2) is 0 Å². The van der Waals surface area contributed by atoms with Crippen molar-refractivity contribution in [2.75, 3.05) is 4.90 Å². The Hall–Kier alpha value is -6.64. The maximum atomic E-state index is 6.81. The number of hydrogen-bond acceptors (Lipinski definition) is 2. The van der Waals surface area contributed by atoms with Crippen LogP contribution in [0.5, 0.6) is 11.5 Å². The fraction of sp³-hybridized carbons (Fsp3) is 0.0204. The van der Waals surface area contributed by atoms with Gasteiger partial charge in [0.1, 0.15) is 11.5 Å². The molecule has 240 valence electrons. The van der Waals surface area contributed by atoms with Gasteiger partial charge in [-0.25, -0.2) is 0 Å². The van der Waals surface area contributed by atoms with E-state index in [2.05, 4.69) is 205 Å². The van der Waals surface area contributed by atoms with Crippen molar-refractivity contribution in [1.29, 1.82) is 0 Å². The van der Waals surface area contributed by atoms with E-state index in [1.54, 1.807) is 0 Å². The number of nitrogens with zero attached hydrogens (tertiary/aromatic N) is 1. The molecular weight excluding hydrogens is 619 g/mol. The molecule has 0 fully saturated rings. The molecular formula is C49H33NO. The number of anilines is 3. The SMILES string of the molecule is c1ccc(-c2ccc(N(c3ccccc3)c3ccc4c(c3)C3(c5ccccc5Oc5cc(-c6ccccc6)ccc53)c3ccccc3-4)cc2)cc1. The Kier molecular flexibility index (Phi) is 6.75. The van der Waals surface area contributed by atoms with Gasteiger partial charge in [0.05, 0.1) is 5.41 Å². The molecule has 1 spiro atoms. The Labute approximate surface area is 298 Å². The highest BCUT2D eigenvalue weighted by Crippen LogP contribution is 2.63. The third-order valence-corrected chi connectivity index (χ3v) is 10.5. The summed E-state index contributed by atoms with van der Waals surface area (Å²) in [6.45, 7) is 0. The van der Waals surface area contributed by atoms with Gasteiger partial charge >= 0.3 is 0 Å². The molecule has 1 aliphatic carbocycles. The Morgan fingerprint density at radius 3 is 1.57 bits per heavy atom. The first-order valence-electron chi connectivity index (χ1n) is 17.5. The average molecular weight is 652 g/mol. The summed E-state index contributed by atoms with van der Waals surface area (Å²) in [4.78, 5) is 2.37. The van der Waals surface area contributed by atoms with Crippen LogP contribution in [-0.2, 0) is 5.41 Å². The van der Waals surface area contributed by atoms with E-state index in [4.69, 9.17) is 4.74 Å². The molecule has 1 atom stereocenters. The monoisotopic (exact) mass is 651 g/mol. The second-order valence-electron chi connectivity index (χ2n) is 13.3. The highest BCUT2D eigenvalue weighted by Gasteiger charge is 2.51. The quantitative estimate of drug-likeness (QED) is 0.184. The second-order valence-corrected chi connectivity index (χ2v) is 13.3. The fourth-order valence-corrected chi connectivity index (χ4v) is 8.30. The lowest BCUT2D eigenvalue weighted by molar-refractivity contribution is 0.436. The molecule has 2 heteroatoms. The molecule has 0 aromatic heterocycles. The molecule has 1 unspecified atom stereocenters. The lowest BCUT2D eigenvalue weighted by atomic mass is 9.66. The van der Waals surface area contributed by atoms with E-state index in [-0.39, 0.29) is 0 Å². The Bertz CT molecular complexity index is 2540. The van der Waals surface area contributed by atoms with Crippen LogP contribution in [0, 0.1) is 0 Å². The van der Waals surface area contributed by atoms with Crippen molar-refractivity contribution in [1.82, 2.24) is 0 Å². The van der Waals surface area contributed by atoms with E-state index in [1.165, 1.54) is 38.9 Å². The number of para-hydroxylation sites is 2. The minimum absolute atomic E-state index is 0.569. The highest BCUT2D eigenvalue weighted by atomic mass is 16.5. The Morgan fingerprint density at radius 2 is 0.824 bits per heavy atom. The molecule has 0 amide bonds. The van der Waals surface area contributed by atoms with Gasteiger partial charge in [-0.2, -0.15) is 0 Å². The van der Waals surface area contributed by atoms with Gasteiger partial charge in [0, 0.05) is 28.2 Å². The lowest BCUT2D eigenvalue weighted by Crippen LogP contribution is -2.32. The third-order valence-electron chi connectivity index (χ3n) is 10.5. The first kappa shape index (κ1) is 29.3. The van der Waals surface area contributed by atoms with Gasteiger partial charge in [-0.05, 0) is 93.0 Å². The van der Waals surface area contributed by atoms with Crippen molar-refractivity contribution in [3.05, 3.63) is 222 Å². The van der Waals surface area contributed by atoms with Crippen LogP contribution in [0.1, 0.15) is 22.3 Å². The Morgan fingerprint density at radius 1 is 0.314 bits per heavy atom. The first-order chi connectivity index (χ1) is 25.3. The van der Waals surface area contributed by atoms with Crippen LogP contribution < -0.4 is 9.64 Å². The zero-order valence-corrected chi connectivity index (χ0v) is 27.9. The van der Waals surface area contributed by atoms with E-state index in [1.807, 2.05) is 0 Å². The lowest BCUT2D eigenvalue weighted by Gasteiger charge is -2.40. The van der Waals surface area contributed by atoms with Crippen molar-refractivity contribution in [3.63, 3.8) is 0 Å². The minimum atomic E-state index is -0.569. The number of fused-ring (bicyclic) bond motifs is 9. The van der Waals surface area contributed by atoms with E-state index in [0.29, 0.717) is 0 Å². The van der Waals surface area contributed by atoms with Gasteiger partial charge in [0.25, 0.3) is 0 Å². The zero-order chi connectivity index (χ0) is 33.8. The molecule has 0 saturated heterocycles. The molecule has 2 aliphatic rings. The summed E-state index contributed by atoms with van der Waals surface area (Å²) >= 11 is 0. The summed E-state index contributed by atoms with van der Waals surface area (Å²) in [5.41, 5.74) is 14.8.